The SMILES string of the molecule is CSC1=NC(=Nc2cccc(C(F)(F)F)c2)C2(CCCCC2)N1c1cccc(Cl)c1. The third-order valence-electron chi connectivity index (χ3n) is 5.58. The zero-order valence-corrected chi connectivity index (χ0v) is 18.0. The molecule has 1 aliphatic carbocycles. The highest BCUT2D eigenvalue weighted by Crippen LogP contribution is 2.45. The van der Waals surface area contributed by atoms with Crippen LogP contribution in [0.4, 0.5) is 24.5 Å². The summed E-state index contributed by atoms with van der Waals surface area (Å²) in [5.74, 6) is 0.575. The molecule has 1 aliphatic heterocycles. The number of rotatable bonds is 2. The highest BCUT2D eigenvalue weighted by Gasteiger charge is 2.49. The van der Waals surface area contributed by atoms with Crippen LogP contribution >= 0.6 is 23.4 Å². The van der Waals surface area contributed by atoms with Gasteiger partial charge in [0, 0.05) is 10.7 Å². The lowest BCUT2D eigenvalue weighted by atomic mass is 9.79. The van der Waals surface area contributed by atoms with Crippen LogP contribution in [0.15, 0.2) is 58.5 Å². The zero-order chi connectivity index (χ0) is 21.4. The smallest absolute Gasteiger partial charge is 0.307 e. The minimum absolute atomic E-state index is 0.266. The topological polar surface area (TPSA) is 28.0 Å². The molecule has 158 valence electrons. The molecule has 2 aliphatic rings. The first-order valence-corrected chi connectivity index (χ1v) is 11.4. The fourth-order valence-corrected chi connectivity index (χ4v) is 5.05. The van der Waals surface area contributed by atoms with Crippen molar-refractivity contribution in [2.24, 2.45) is 9.98 Å². The molecule has 2 aromatic carbocycles. The Bertz CT molecular complexity index is 997. The van der Waals surface area contributed by atoms with Gasteiger partial charge in [-0.25, -0.2) is 9.98 Å². The van der Waals surface area contributed by atoms with Crippen molar-refractivity contribution in [3.63, 3.8) is 0 Å². The van der Waals surface area contributed by atoms with Crippen LogP contribution in [-0.2, 0) is 6.18 Å². The number of amidine groups is 2. The van der Waals surface area contributed by atoms with Crippen molar-refractivity contribution >= 4 is 45.7 Å². The molecule has 30 heavy (non-hydrogen) atoms. The molecule has 0 unspecified atom stereocenters. The highest BCUT2D eigenvalue weighted by molar-refractivity contribution is 8.13. The van der Waals surface area contributed by atoms with Crippen molar-refractivity contribution in [1.82, 2.24) is 0 Å². The summed E-state index contributed by atoms with van der Waals surface area (Å²) in [5, 5.41) is 1.41. The number of hydrogen-bond donors (Lipinski definition) is 0. The average Bonchev–Trinajstić information content (AvgIpc) is 3.00. The molecule has 1 fully saturated rings. The number of aliphatic imine (C=N–C) groups is 2. The lowest BCUT2D eigenvalue weighted by molar-refractivity contribution is -0.137. The second-order valence-electron chi connectivity index (χ2n) is 7.49. The predicted molar refractivity (Wildman–Crippen MR) is 119 cm³/mol. The van der Waals surface area contributed by atoms with Crippen LogP contribution in [0, 0.1) is 0 Å². The summed E-state index contributed by atoms with van der Waals surface area (Å²) >= 11 is 7.76. The number of anilines is 1. The molecular formula is C22H21ClF3N3S. The molecular weight excluding hydrogens is 431 g/mol. The lowest BCUT2D eigenvalue weighted by Gasteiger charge is -2.42. The van der Waals surface area contributed by atoms with E-state index < -0.39 is 17.3 Å². The van der Waals surface area contributed by atoms with Gasteiger partial charge in [-0.05, 0) is 55.5 Å². The monoisotopic (exact) mass is 451 g/mol. The lowest BCUT2D eigenvalue weighted by Crippen LogP contribution is -2.52. The van der Waals surface area contributed by atoms with Crippen LogP contribution in [0.2, 0.25) is 5.02 Å². The van der Waals surface area contributed by atoms with Crippen LogP contribution in [0.5, 0.6) is 0 Å². The van der Waals surface area contributed by atoms with Gasteiger partial charge in [0.2, 0.25) is 0 Å². The third-order valence-corrected chi connectivity index (χ3v) is 6.45. The van der Waals surface area contributed by atoms with Gasteiger partial charge in [0.1, 0.15) is 5.54 Å². The van der Waals surface area contributed by atoms with Crippen LogP contribution in [0.3, 0.4) is 0 Å². The number of thioether (sulfide) groups is 1. The van der Waals surface area contributed by atoms with Crippen LogP contribution in [-0.4, -0.2) is 22.8 Å². The average molecular weight is 452 g/mol. The van der Waals surface area contributed by atoms with Gasteiger partial charge >= 0.3 is 6.18 Å². The molecule has 4 rings (SSSR count). The molecule has 3 nitrogen and oxygen atoms in total. The van der Waals surface area contributed by atoms with Gasteiger partial charge in [0.15, 0.2) is 11.0 Å². The Labute approximate surface area is 183 Å². The molecule has 0 bridgehead atoms. The minimum atomic E-state index is -4.41. The third kappa shape index (κ3) is 3.97. The highest BCUT2D eigenvalue weighted by atomic mass is 35.5. The van der Waals surface area contributed by atoms with Crippen molar-refractivity contribution in [2.75, 3.05) is 11.2 Å². The Kier molecular flexibility index (Phi) is 5.86. The molecule has 0 atom stereocenters. The second-order valence-corrected chi connectivity index (χ2v) is 8.70. The largest absolute Gasteiger partial charge is 0.416 e. The summed E-state index contributed by atoms with van der Waals surface area (Å²) in [6.45, 7) is 0. The van der Waals surface area contributed by atoms with E-state index in [1.165, 1.54) is 17.8 Å². The van der Waals surface area contributed by atoms with Gasteiger partial charge in [-0.3, -0.25) is 0 Å². The zero-order valence-electron chi connectivity index (χ0n) is 16.4. The van der Waals surface area contributed by atoms with Gasteiger partial charge in [-0.15, -0.1) is 0 Å². The van der Waals surface area contributed by atoms with Crippen molar-refractivity contribution in [1.29, 1.82) is 0 Å². The molecule has 0 aromatic heterocycles. The van der Waals surface area contributed by atoms with Crippen LogP contribution < -0.4 is 4.90 Å². The van der Waals surface area contributed by atoms with E-state index in [0.29, 0.717) is 10.9 Å². The Morgan fingerprint density at radius 1 is 1.07 bits per heavy atom. The molecule has 0 N–H and O–H groups in total. The first kappa shape index (κ1) is 21.2. The second kappa shape index (κ2) is 8.27. The van der Waals surface area contributed by atoms with Crippen LogP contribution in [0.1, 0.15) is 37.7 Å². The number of benzene rings is 2. The molecule has 0 radical (unpaired) electrons. The molecule has 1 spiro atoms. The fraction of sp³-hybridized carbons (Fsp3) is 0.364. The minimum Gasteiger partial charge on any atom is -0.307 e. The van der Waals surface area contributed by atoms with E-state index in [1.54, 1.807) is 6.07 Å². The maximum atomic E-state index is 13.2. The fourth-order valence-electron chi connectivity index (χ4n) is 4.22. The van der Waals surface area contributed by atoms with E-state index in [2.05, 4.69) is 9.89 Å². The molecule has 1 heterocycles. The van der Waals surface area contributed by atoms with Crippen LogP contribution in [0.25, 0.3) is 0 Å². The molecule has 0 amide bonds. The van der Waals surface area contributed by atoms with Gasteiger partial charge in [0.25, 0.3) is 0 Å². The number of nitrogens with zero attached hydrogens (tertiary/aromatic N) is 3. The maximum absolute atomic E-state index is 13.2. The van der Waals surface area contributed by atoms with E-state index in [9.17, 15) is 13.2 Å². The summed E-state index contributed by atoms with van der Waals surface area (Å²) in [5.41, 5.74) is 0.00432. The van der Waals surface area contributed by atoms with Gasteiger partial charge in [0.05, 0.1) is 11.3 Å². The quantitative estimate of drug-likeness (QED) is 0.478. The maximum Gasteiger partial charge on any atom is 0.416 e. The van der Waals surface area contributed by atoms with E-state index in [-0.39, 0.29) is 5.69 Å². The molecule has 0 saturated heterocycles. The molecule has 2 aromatic rings. The predicted octanol–water partition coefficient (Wildman–Crippen LogP) is 7.33. The Morgan fingerprint density at radius 3 is 2.47 bits per heavy atom. The van der Waals surface area contributed by atoms with Crippen molar-refractivity contribution in [3.05, 3.63) is 59.1 Å². The first-order valence-electron chi connectivity index (χ1n) is 9.78. The van der Waals surface area contributed by atoms with E-state index >= 15 is 0 Å². The van der Waals surface area contributed by atoms with E-state index in [0.717, 1.165) is 55.1 Å². The van der Waals surface area contributed by atoms with Crippen molar-refractivity contribution in [3.8, 4) is 0 Å². The van der Waals surface area contributed by atoms with E-state index in [1.807, 2.05) is 30.5 Å². The van der Waals surface area contributed by atoms with Gasteiger partial charge in [-0.1, -0.05) is 54.8 Å². The number of alkyl halides is 3. The standard InChI is InChI=1S/C22H21ClF3N3S/c1-30-20-28-19(27-17-9-5-7-15(13-17)22(24,25)26)21(11-3-2-4-12-21)29(20)18-10-6-8-16(23)14-18/h5-10,13-14H,2-4,11-12H2,1H3. The summed E-state index contributed by atoms with van der Waals surface area (Å²) < 4.78 is 39.5. The Balaban J connectivity index is 1.83. The van der Waals surface area contributed by atoms with Crippen molar-refractivity contribution in [2.45, 2.75) is 43.8 Å². The molecule has 8 heteroatoms. The summed E-state index contributed by atoms with van der Waals surface area (Å²) in [4.78, 5) is 11.6. The van der Waals surface area contributed by atoms with E-state index in [4.69, 9.17) is 16.6 Å². The normalized spacial score (nSPS) is 20.1. The molecule has 1 saturated carbocycles. The summed E-state index contributed by atoms with van der Waals surface area (Å²) in [7, 11) is 0. The first-order chi connectivity index (χ1) is 14.3. The number of hydrogen-bond acceptors (Lipinski definition) is 3. The van der Waals surface area contributed by atoms with Gasteiger partial charge < -0.3 is 4.90 Å². The number of halogens is 4. The summed E-state index contributed by atoms with van der Waals surface area (Å²) in [6.07, 6.45) is 2.35. The Morgan fingerprint density at radius 2 is 1.80 bits per heavy atom. The Hall–Kier alpha value is -1.99. The van der Waals surface area contributed by atoms with Gasteiger partial charge in [-0.2, -0.15) is 13.2 Å². The van der Waals surface area contributed by atoms with Crippen molar-refractivity contribution < 1.29 is 13.2 Å². The summed E-state index contributed by atoms with van der Waals surface area (Å²) in [6, 6.07) is 12.7.